The molecule has 12 heteroatoms. The third-order valence-corrected chi connectivity index (χ3v) is 1.83. The van der Waals surface area contributed by atoms with Crippen LogP contribution in [0.4, 0.5) is 31.7 Å². The molecule has 0 fully saturated rings. The first kappa shape index (κ1) is 13.1. The standard InChI is InChI=1S/C6H2F2N4O6/c7-9(8)6-4(11(15)16)1-3(10(13)14)2-5(6)12(17)18/h1-2H. The van der Waals surface area contributed by atoms with E-state index in [0.29, 0.717) is 0 Å². The number of benzene rings is 1. The van der Waals surface area contributed by atoms with E-state index >= 15 is 0 Å². The molecule has 1 aromatic rings. The maximum Gasteiger partial charge on any atom is 0.312 e. The highest BCUT2D eigenvalue weighted by Crippen LogP contribution is 2.41. The van der Waals surface area contributed by atoms with Crippen LogP contribution in [0.5, 0.6) is 0 Å². The second kappa shape index (κ2) is 4.52. The summed E-state index contributed by atoms with van der Waals surface area (Å²) < 4.78 is 24.8. The molecule has 0 atom stereocenters. The van der Waals surface area contributed by atoms with E-state index in [2.05, 4.69) is 0 Å². The van der Waals surface area contributed by atoms with Gasteiger partial charge in [-0.05, 0) is 5.34 Å². The quantitative estimate of drug-likeness (QED) is 0.461. The van der Waals surface area contributed by atoms with Crippen LogP contribution < -0.4 is 5.34 Å². The van der Waals surface area contributed by atoms with Gasteiger partial charge in [0.05, 0.1) is 26.9 Å². The van der Waals surface area contributed by atoms with Crippen LogP contribution in [0.3, 0.4) is 0 Å². The number of hydrogen-bond acceptors (Lipinski definition) is 7. The van der Waals surface area contributed by atoms with Crippen molar-refractivity contribution in [3.8, 4) is 0 Å². The number of nitro groups is 3. The first-order valence-electron chi connectivity index (χ1n) is 3.98. The van der Waals surface area contributed by atoms with Crippen molar-refractivity contribution >= 4 is 22.7 Å². The fourth-order valence-corrected chi connectivity index (χ4v) is 1.15. The van der Waals surface area contributed by atoms with Gasteiger partial charge in [0.1, 0.15) is 0 Å². The maximum atomic E-state index is 12.4. The van der Waals surface area contributed by atoms with Crippen LogP contribution in [0.25, 0.3) is 0 Å². The van der Waals surface area contributed by atoms with E-state index in [1.54, 1.807) is 0 Å². The molecule has 0 saturated carbocycles. The smallest absolute Gasteiger partial charge is 0.258 e. The number of nitrogens with zero attached hydrogens (tertiary/aromatic N) is 4. The molecule has 0 radical (unpaired) electrons. The molecule has 0 unspecified atom stereocenters. The van der Waals surface area contributed by atoms with Crippen molar-refractivity contribution in [2.24, 2.45) is 0 Å². The van der Waals surface area contributed by atoms with Crippen LogP contribution in [0.1, 0.15) is 0 Å². The van der Waals surface area contributed by atoms with Gasteiger partial charge in [-0.25, -0.2) is 0 Å². The van der Waals surface area contributed by atoms with Crippen LogP contribution in [-0.4, -0.2) is 14.8 Å². The van der Waals surface area contributed by atoms with Crippen molar-refractivity contribution in [3.63, 3.8) is 0 Å². The minimum atomic E-state index is -1.83. The third kappa shape index (κ3) is 2.26. The van der Waals surface area contributed by atoms with E-state index in [-0.39, 0.29) is 12.1 Å². The SMILES string of the molecule is O=[N+]([O-])c1cc([N+](=O)[O-])c(N(F)F)c([N+](=O)[O-])c1. The van der Waals surface area contributed by atoms with Crippen LogP contribution in [0.15, 0.2) is 12.1 Å². The Labute approximate surface area is 95.4 Å². The summed E-state index contributed by atoms with van der Waals surface area (Å²) in [5.74, 6) is 0. The summed E-state index contributed by atoms with van der Waals surface area (Å²) in [7, 11) is 0. The highest BCUT2D eigenvalue weighted by Gasteiger charge is 2.35. The maximum absolute atomic E-state index is 12.4. The Balaban J connectivity index is 3.71. The number of rotatable bonds is 4. The topological polar surface area (TPSA) is 133 Å². The van der Waals surface area contributed by atoms with Gasteiger partial charge >= 0.3 is 11.4 Å². The number of hydrogen-bond donors (Lipinski definition) is 0. The lowest BCUT2D eigenvalue weighted by atomic mass is 10.2. The first-order chi connectivity index (χ1) is 8.25. The van der Waals surface area contributed by atoms with Crippen molar-refractivity contribution < 1.29 is 23.7 Å². The monoisotopic (exact) mass is 264 g/mol. The molecule has 0 spiro atoms. The molecule has 0 bridgehead atoms. The molecule has 0 heterocycles. The molecule has 96 valence electrons. The molecule has 1 aromatic carbocycles. The second-order valence-electron chi connectivity index (χ2n) is 2.84. The summed E-state index contributed by atoms with van der Waals surface area (Å²) in [6, 6.07) is 0.434. The predicted molar refractivity (Wildman–Crippen MR) is 51.1 cm³/mol. The van der Waals surface area contributed by atoms with Gasteiger partial charge in [-0.1, -0.05) is 8.96 Å². The van der Waals surface area contributed by atoms with Gasteiger partial charge < -0.3 is 0 Å². The molecule has 0 amide bonds. The average Bonchev–Trinajstić information content (AvgIpc) is 2.26. The number of non-ortho nitro benzene ring substituents is 1. The Bertz CT molecular complexity index is 512. The zero-order valence-electron chi connectivity index (χ0n) is 8.15. The summed E-state index contributed by atoms with van der Waals surface area (Å²) in [5, 5.41) is 29.5. The van der Waals surface area contributed by atoms with E-state index in [9.17, 15) is 39.3 Å². The number of halogens is 2. The molecule has 10 nitrogen and oxygen atoms in total. The van der Waals surface area contributed by atoms with Crippen molar-refractivity contribution in [3.05, 3.63) is 42.5 Å². The summed E-state index contributed by atoms with van der Waals surface area (Å²) in [4.78, 5) is 27.4. The van der Waals surface area contributed by atoms with Crippen LogP contribution in [0.2, 0.25) is 0 Å². The van der Waals surface area contributed by atoms with Gasteiger partial charge in [-0.3, -0.25) is 30.3 Å². The first-order valence-corrected chi connectivity index (χ1v) is 3.98. The number of anilines is 1. The van der Waals surface area contributed by atoms with E-state index in [1.165, 1.54) is 0 Å². The Hall–Kier alpha value is -2.92. The van der Waals surface area contributed by atoms with Gasteiger partial charge in [0.15, 0.2) is 0 Å². The molecule has 0 aliphatic carbocycles. The zero-order chi connectivity index (χ0) is 14.0. The summed E-state index contributed by atoms with van der Waals surface area (Å²) in [5.41, 5.74) is -5.50. The molecular formula is C6H2F2N4O6. The second-order valence-corrected chi connectivity index (χ2v) is 2.84. The van der Waals surface area contributed by atoms with Crippen molar-refractivity contribution in [1.82, 2.24) is 0 Å². The van der Waals surface area contributed by atoms with Gasteiger partial charge in [0.2, 0.25) is 0 Å². The fourth-order valence-electron chi connectivity index (χ4n) is 1.15. The molecule has 0 N–H and O–H groups in total. The molecule has 0 aliphatic rings. The van der Waals surface area contributed by atoms with Crippen molar-refractivity contribution in [2.75, 3.05) is 5.34 Å². The molecule has 18 heavy (non-hydrogen) atoms. The van der Waals surface area contributed by atoms with Gasteiger partial charge in [-0.2, -0.15) is 0 Å². The third-order valence-electron chi connectivity index (χ3n) is 1.83. The van der Waals surface area contributed by atoms with E-state index in [1.807, 2.05) is 0 Å². The van der Waals surface area contributed by atoms with Gasteiger partial charge in [0.25, 0.3) is 11.4 Å². The number of nitro benzene ring substituents is 3. The van der Waals surface area contributed by atoms with Crippen LogP contribution in [-0.2, 0) is 0 Å². The summed E-state index contributed by atoms with van der Waals surface area (Å²) in [6.45, 7) is 0. The van der Waals surface area contributed by atoms with Crippen LogP contribution in [0, 0.1) is 30.3 Å². The molecule has 0 aliphatic heterocycles. The predicted octanol–water partition coefficient (Wildman–Crippen LogP) is 1.99. The molecular weight excluding hydrogens is 262 g/mol. The highest BCUT2D eigenvalue weighted by molar-refractivity contribution is 5.76. The fraction of sp³-hybridized carbons (Fsp3) is 0. The van der Waals surface area contributed by atoms with Gasteiger partial charge in [0, 0.05) is 0 Å². The minimum absolute atomic E-state index is 0.217. The van der Waals surface area contributed by atoms with Crippen molar-refractivity contribution in [2.45, 2.75) is 0 Å². The molecule has 0 aromatic heterocycles. The Morgan fingerprint density at radius 1 is 0.889 bits per heavy atom. The van der Waals surface area contributed by atoms with E-state index in [0.717, 1.165) is 0 Å². The van der Waals surface area contributed by atoms with Crippen LogP contribution >= 0.6 is 0 Å². The van der Waals surface area contributed by atoms with Crippen molar-refractivity contribution in [1.29, 1.82) is 0 Å². The normalized spacial score (nSPS) is 9.89. The minimum Gasteiger partial charge on any atom is -0.258 e. The average molecular weight is 264 g/mol. The molecule has 0 saturated heterocycles. The Kier molecular flexibility index (Phi) is 3.30. The summed E-state index contributed by atoms with van der Waals surface area (Å²) in [6.07, 6.45) is 0. The largest absolute Gasteiger partial charge is 0.312 e. The zero-order valence-corrected chi connectivity index (χ0v) is 8.15. The molecule has 1 rings (SSSR count). The Morgan fingerprint density at radius 2 is 1.28 bits per heavy atom. The van der Waals surface area contributed by atoms with E-state index in [4.69, 9.17) is 0 Å². The van der Waals surface area contributed by atoms with Gasteiger partial charge in [-0.15, -0.1) is 0 Å². The Morgan fingerprint density at radius 3 is 1.50 bits per heavy atom. The van der Waals surface area contributed by atoms with E-state index < -0.39 is 42.9 Å². The lowest BCUT2D eigenvalue weighted by molar-refractivity contribution is -0.402. The lowest BCUT2D eigenvalue weighted by Gasteiger charge is -2.04. The summed E-state index contributed by atoms with van der Waals surface area (Å²) >= 11 is 0. The highest BCUT2D eigenvalue weighted by atomic mass is 19.4. The lowest BCUT2D eigenvalue weighted by Crippen LogP contribution is -2.06.